The maximum Gasteiger partial charge on any atom is 0.231 e. The van der Waals surface area contributed by atoms with E-state index in [1.807, 2.05) is 18.2 Å². The van der Waals surface area contributed by atoms with Crippen molar-refractivity contribution in [3.8, 4) is 22.1 Å². The predicted octanol–water partition coefficient (Wildman–Crippen LogP) is 2.52. The summed E-state index contributed by atoms with van der Waals surface area (Å²) in [6.45, 7) is 5.46. The molecule has 1 aromatic carbocycles. The molecule has 3 heterocycles. The number of hydrazine groups is 1. The van der Waals surface area contributed by atoms with E-state index < -0.39 is 0 Å². The largest absolute Gasteiger partial charge is 0.454 e. The lowest BCUT2D eigenvalue weighted by atomic mass is 9.98. The topological polar surface area (TPSA) is 67.4 Å². The number of nitrogens with zero attached hydrogens (tertiary/aromatic N) is 1. The molecule has 25 heavy (non-hydrogen) atoms. The second-order valence-corrected chi connectivity index (χ2v) is 7.46. The number of benzene rings is 1. The van der Waals surface area contributed by atoms with Crippen molar-refractivity contribution in [2.45, 2.75) is 32.4 Å². The molecule has 2 aliphatic heterocycles. The van der Waals surface area contributed by atoms with Gasteiger partial charge >= 0.3 is 0 Å². The first-order valence-corrected chi connectivity index (χ1v) is 9.71. The number of nitrogens with one attached hydrogen (secondary N) is 3. The van der Waals surface area contributed by atoms with Crippen LogP contribution in [0.1, 0.15) is 25.5 Å². The molecule has 0 amide bonds. The zero-order chi connectivity index (χ0) is 17.1. The second kappa shape index (κ2) is 7.70. The van der Waals surface area contributed by atoms with Crippen LogP contribution in [0.5, 0.6) is 11.5 Å². The van der Waals surface area contributed by atoms with Crippen LogP contribution in [-0.2, 0) is 6.54 Å². The fourth-order valence-corrected chi connectivity index (χ4v) is 4.07. The van der Waals surface area contributed by atoms with Crippen LogP contribution in [0.3, 0.4) is 0 Å². The molecule has 2 unspecified atom stereocenters. The smallest absolute Gasteiger partial charge is 0.231 e. The van der Waals surface area contributed by atoms with E-state index in [4.69, 9.17) is 14.5 Å². The third kappa shape index (κ3) is 3.95. The summed E-state index contributed by atoms with van der Waals surface area (Å²) in [5.41, 5.74) is 8.67. The first-order valence-electron chi connectivity index (χ1n) is 8.83. The van der Waals surface area contributed by atoms with Crippen LogP contribution in [0.15, 0.2) is 23.6 Å². The Labute approximate surface area is 151 Å². The van der Waals surface area contributed by atoms with Crippen LogP contribution in [0.2, 0.25) is 0 Å². The molecule has 1 fully saturated rings. The minimum absolute atomic E-state index is 0.303. The first-order chi connectivity index (χ1) is 12.3. The first kappa shape index (κ1) is 16.8. The molecular formula is C18H24N4O2S. The molecule has 2 aromatic rings. The van der Waals surface area contributed by atoms with Gasteiger partial charge in [-0.25, -0.2) is 4.98 Å². The van der Waals surface area contributed by atoms with E-state index in [0.29, 0.717) is 12.8 Å². The van der Waals surface area contributed by atoms with Crippen molar-refractivity contribution in [2.24, 2.45) is 5.92 Å². The summed E-state index contributed by atoms with van der Waals surface area (Å²) in [6.07, 6.45) is 2.44. The molecule has 3 N–H and O–H groups in total. The minimum atomic E-state index is 0.303. The quantitative estimate of drug-likeness (QED) is 0.660. The Kier molecular flexibility index (Phi) is 5.17. The van der Waals surface area contributed by atoms with Crippen LogP contribution in [0, 0.1) is 5.92 Å². The van der Waals surface area contributed by atoms with Crippen molar-refractivity contribution < 1.29 is 9.47 Å². The van der Waals surface area contributed by atoms with Gasteiger partial charge in [-0.15, -0.1) is 11.3 Å². The summed E-state index contributed by atoms with van der Waals surface area (Å²) in [5, 5.41) is 6.65. The van der Waals surface area contributed by atoms with Gasteiger partial charge in [0.1, 0.15) is 5.01 Å². The summed E-state index contributed by atoms with van der Waals surface area (Å²) in [5.74, 6) is 2.35. The number of hydrogen-bond acceptors (Lipinski definition) is 7. The summed E-state index contributed by atoms with van der Waals surface area (Å²) in [6, 6.07) is 6.56. The summed E-state index contributed by atoms with van der Waals surface area (Å²) < 4.78 is 10.8. The molecule has 0 saturated carbocycles. The molecule has 134 valence electrons. The fraction of sp³-hybridized carbons (Fsp3) is 0.500. The van der Waals surface area contributed by atoms with E-state index in [0.717, 1.165) is 53.3 Å². The lowest BCUT2D eigenvalue weighted by molar-refractivity contribution is 0.174. The molecule has 0 spiro atoms. The Morgan fingerprint density at radius 1 is 1.32 bits per heavy atom. The van der Waals surface area contributed by atoms with Crippen molar-refractivity contribution in [3.63, 3.8) is 0 Å². The highest BCUT2D eigenvalue weighted by molar-refractivity contribution is 7.13. The van der Waals surface area contributed by atoms with Gasteiger partial charge in [0, 0.05) is 30.1 Å². The number of thiazole rings is 1. The highest BCUT2D eigenvalue weighted by atomic mass is 32.1. The standard InChI is InChI=1S/C18H24N4O2S/c1-12-14(8-20-22-12)3-2-6-19-9-15-10-25-18(21-15)13-4-5-16-17(7-13)24-11-23-16/h4-5,7,10,12,14,19-20,22H,2-3,6,8-9,11H2,1H3. The molecule has 2 atom stereocenters. The third-order valence-electron chi connectivity index (χ3n) is 4.81. The summed E-state index contributed by atoms with van der Waals surface area (Å²) in [7, 11) is 0. The number of ether oxygens (including phenoxy) is 2. The van der Waals surface area contributed by atoms with Crippen LogP contribution < -0.4 is 25.6 Å². The van der Waals surface area contributed by atoms with Gasteiger partial charge in [0.2, 0.25) is 6.79 Å². The van der Waals surface area contributed by atoms with Gasteiger partial charge in [-0.05, 0) is 50.4 Å². The number of hydrogen-bond donors (Lipinski definition) is 3. The van der Waals surface area contributed by atoms with Crippen LogP contribution in [-0.4, -0.2) is 30.9 Å². The molecule has 1 aromatic heterocycles. The van der Waals surface area contributed by atoms with Gasteiger partial charge in [0.15, 0.2) is 11.5 Å². The van der Waals surface area contributed by atoms with E-state index in [9.17, 15) is 0 Å². The number of fused-ring (bicyclic) bond motifs is 1. The van der Waals surface area contributed by atoms with Crippen LogP contribution in [0.25, 0.3) is 10.6 Å². The van der Waals surface area contributed by atoms with E-state index in [1.54, 1.807) is 11.3 Å². The van der Waals surface area contributed by atoms with Gasteiger partial charge < -0.3 is 14.8 Å². The van der Waals surface area contributed by atoms with Crippen molar-refractivity contribution in [2.75, 3.05) is 19.9 Å². The minimum Gasteiger partial charge on any atom is -0.454 e. The second-order valence-electron chi connectivity index (χ2n) is 6.61. The Morgan fingerprint density at radius 3 is 3.12 bits per heavy atom. The van der Waals surface area contributed by atoms with Gasteiger partial charge in [0.05, 0.1) is 5.69 Å². The van der Waals surface area contributed by atoms with Gasteiger partial charge in [-0.1, -0.05) is 0 Å². The summed E-state index contributed by atoms with van der Waals surface area (Å²) >= 11 is 1.67. The number of rotatable bonds is 7. The van der Waals surface area contributed by atoms with Crippen LogP contribution >= 0.6 is 11.3 Å². The zero-order valence-electron chi connectivity index (χ0n) is 14.4. The summed E-state index contributed by atoms with van der Waals surface area (Å²) in [4.78, 5) is 4.73. The van der Waals surface area contributed by atoms with Crippen molar-refractivity contribution in [1.29, 1.82) is 0 Å². The Hall–Kier alpha value is -1.67. The average Bonchev–Trinajstić information content (AvgIpc) is 3.35. The molecule has 4 rings (SSSR count). The van der Waals surface area contributed by atoms with Crippen molar-refractivity contribution in [3.05, 3.63) is 29.3 Å². The van der Waals surface area contributed by atoms with E-state index >= 15 is 0 Å². The monoisotopic (exact) mass is 360 g/mol. The highest BCUT2D eigenvalue weighted by Crippen LogP contribution is 2.36. The lowest BCUT2D eigenvalue weighted by Gasteiger charge is -2.13. The highest BCUT2D eigenvalue weighted by Gasteiger charge is 2.21. The molecule has 6 nitrogen and oxygen atoms in total. The van der Waals surface area contributed by atoms with E-state index in [-0.39, 0.29) is 0 Å². The van der Waals surface area contributed by atoms with Gasteiger partial charge in [-0.2, -0.15) is 0 Å². The zero-order valence-corrected chi connectivity index (χ0v) is 15.2. The maximum absolute atomic E-state index is 5.44. The molecule has 0 aliphatic carbocycles. The predicted molar refractivity (Wildman–Crippen MR) is 98.7 cm³/mol. The average molecular weight is 360 g/mol. The fourth-order valence-electron chi connectivity index (χ4n) is 3.25. The Morgan fingerprint density at radius 2 is 2.24 bits per heavy atom. The Balaban J connectivity index is 1.24. The van der Waals surface area contributed by atoms with Crippen molar-refractivity contribution >= 4 is 11.3 Å². The molecular weight excluding hydrogens is 336 g/mol. The molecule has 0 bridgehead atoms. The SMILES string of the molecule is CC1NNCC1CCCNCc1csc(-c2ccc3c(c2)OCO3)n1. The maximum atomic E-state index is 5.44. The van der Waals surface area contributed by atoms with Crippen LogP contribution in [0.4, 0.5) is 0 Å². The third-order valence-corrected chi connectivity index (χ3v) is 5.75. The molecule has 0 radical (unpaired) electrons. The molecule has 7 heteroatoms. The van der Waals surface area contributed by atoms with E-state index in [2.05, 4.69) is 28.5 Å². The molecule has 1 saturated heterocycles. The number of aromatic nitrogens is 1. The normalized spacial score (nSPS) is 21.8. The van der Waals surface area contributed by atoms with Gasteiger partial charge in [-0.3, -0.25) is 10.9 Å². The lowest BCUT2D eigenvalue weighted by Crippen LogP contribution is -2.28. The van der Waals surface area contributed by atoms with Gasteiger partial charge in [0.25, 0.3) is 0 Å². The Bertz CT molecular complexity index is 721. The molecule has 2 aliphatic rings. The van der Waals surface area contributed by atoms with E-state index in [1.165, 1.54) is 12.8 Å². The van der Waals surface area contributed by atoms with Crippen molar-refractivity contribution in [1.82, 2.24) is 21.2 Å².